The van der Waals surface area contributed by atoms with Gasteiger partial charge in [-0.3, -0.25) is 0 Å². The minimum absolute atomic E-state index is 0.409. The van der Waals surface area contributed by atoms with Crippen LogP contribution in [0.1, 0.15) is 50.0 Å². The average Bonchev–Trinajstić information content (AvgIpc) is 3.20. The minimum Gasteiger partial charge on any atom is -0.309 e. The number of thiophene rings is 1. The van der Waals surface area contributed by atoms with Crippen molar-refractivity contribution in [1.82, 2.24) is 10.0 Å². The van der Waals surface area contributed by atoms with Gasteiger partial charge >= 0.3 is 0 Å². The Morgan fingerprint density at radius 3 is 2.57 bits per heavy atom. The van der Waals surface area contributed by atoms with E-state index >= 15 is 0 Å². The molecule has 2 rings (SSSR count). The lowest BCUT2D eigenvalue weighted by Crippen LogP contribution is -2.30. The predicted octanol–water partition coefficient (Wildman–Crippen LogP) is 3.02. The highest BCUT2D eigenvalue weighted by molar-refractivity contribution is 7.89. The molecule has 21 heavy (non-hydrogen) atoms. The van der Waals surface area contributed by atoms with Crippen LogP contribution in [-0.2, 0) is 16.6 Å². The summed E-state index contributed by atoms with van der Waals surface area (Å²) < 4.78 is 28.0. The fourth-order valence-corrected chi connectivity index (χ4v) is 5.25. The molecule has 6 heteroatoms. The molecule has 1 aromatic heterocycles. The van der Waals surface area contributed by atoms with Crippen LogP contribution >= 0.6 is 11.3 Å². The molecule has 0 aromatic carbocycles. The van der Waals surface area contributed by atoms with Crippen molar-refractivity contribution in [3.05, 3.63) is 15.8 Å². The number of hydrogen-bond donors (Lipinski definition) is 2. The standard InChI is InChI=1S/C15H26N2O2S2/c1-4-12(5-2)8-17-21(18,19)15-11(3)10-20-14(15)9-16-13-6-7-13/h10,12-13,16-17H,4-9H2,1-3H3. The molecule has 2 N–H and O–H groups in total. The lowest BCUT2D eigenvalue weighted by atomic mass is 10.0. The van der Waals surface area contributed by atoms with Crippen molar-refractivity contribution in [2.75, 3.05) is 6.54 Å². The van der Waals surface area contributed by atoms with E-state index in [0.717, 1.165) is 23.3 Å². The zero-order valence-corrected chi connectivity index (χ0v) is 14.7. The van der Waals surface area contributed by atoms with E-state index in [2.05, 4.69) is 23.9 Å². The number of rotatable bonds is 9. The molecule has 0 unspecified atom stereocenters. The van der Waals surface area contributed by atoms with Crippen molar-refractivity contribution < 1.29 is 8.42 Å². The van der Waals surface area contributed by atoms with Gasteiger partial charge in [0, 0.05) is 24.0 Å². The lowest BCUT2D eigenvalue weighted by Gasteiger charge is -2.14. The van der Waals surface area contributed by atoms with Gasteiger partial charge in [-0.1, -0.05) is 26.7 Å². The molecule has 0 atom stereocenters. The molecular weight excluding hydrogens is 304 g/mol. The normalized spacial score (nSPS) is 15.8. The van der Waals surface area contributed by atoms with Crippen LogP contribution in [0.5, 0.6) is 0 Å². The third-order valence-electron chi connectivity index (χ3n) is 4.10. The van der Waals surface area contributed by atoms with Crippen LogP contribution in [0, 0.1) is 12.8 Å². The van der Waals surface area contributed by atoms with E-state index < -0.39 is 10.0 Å². The van der Waals surface area contributed by atoms with Gasteiger partial charge in [-0.15, -0.1) is 11.3 Å². The summed E-state index contributed by atoms with van der Waals surface area (Å²) in [6.45, 7) is 7.26. The first kappa shape index (κ1) is 16.9. The number of hydrogen-bond acceptors (Lipinski definition) is 4. The van der Waals surface area contributed by atoms with Crippen LogP contribution in [0.15, 0.2) is 10.3 Å². The summed E-state index contributed by atoms with van der Waals surface area (Å²) in [5, 5.41) is 5.34. The molecule has 0 radical (unpaired) electrons. The summed E-state index contributed by atoms with van der Waals surface area (Å²) in [4.78, 5) is 1.42. The van der Waals surface area contributed by atoms with Crippen LogP contribution in [0.2, 0.25) is 0 Å². The summed E-state index contributed by atoms with van der Waals surface area (Å²) in [6, 6.07) is 0.584. The van der Waals surface area contributed by atoms with Crippen molar-refractivity contribution in [1.29, 1.82) is 0 Å². The SMILES string of the molecule is CCC(CC)CNS(=O)(=O)c1c(C)csc1CNC1CC1. The van der Waals surface area contributed by atoms with Gasteiger partial charge in [0.15, 0.2) is 0 Å². The maximum absolute atomic E-state index is 12.6. The van der Waals surface area contributed by atoms with E-state index in [0.29, 0.717) is 29.9 Å². The van der Waals surface area contributed by atoms with Crippen molar-refractivity contribution >= 4 is 21.4 Å². The van der Waals surface area contributed by atoms with Crippen molar-refractivity contribution in [3.8, 4) is 0 Å². The topological polar surface area (TPSA) is 58.2 Å². The zero-order valence-electron chi connectivity index (χ0n) is 13.1. The van der Waals surface area contributed by atoms with Gasteiger partial charge in [-0.05, 0) is 36.6 Å². The largest absolute Gasteiger partial charge is 0.309 e. The summed E-state index contributed by atoms with van der Waals surface area (Å²) in [5.41, 5.74) is 0.852. The van der Waals surface area contributed by atoms with E-state index in [-0.39, 0.29) is 0 Å². The van der Waals surface area contributed by atoms with Gasteiger partial charge in [0.1, 0.15) is 4.90 Å². The Labute approximate surface area is 132 Å². The maximum atomic E-state index is 12.6. The lowest BCUT2D eigenvalue weighted by molar-refractivity contribution is 0.478. The second kappa shape index (κ2) is 7.22. The highest BCUT2D eigenvalue weighted by atomic mass is 32.2. The van der Waals surface area contributed by atoms with Gasteiger partial charge in [0.05, 0.1) is 0 Å². The summed E-state index contributed by atoms with van der Waals surface area (Å²) >= 11 is 1.54. The van der Waals surface area contributed by atoms with Crippen LogP contribution in [0.3, 0.4) is 0 Å². The van der Waals surface area contributed by atoms with E-state index in [1.165, 1.54) is 24.2 Å². The Bertz CT molecular complexity index is 558. The molecule has 1 saturated carbocycles. The molecule has 1 heterocycles. The molecule has 1 fully saturated rings. The molecule has 0 amide bonds. The van der Waals surface area contributed by atoms with Crippen LogP contribution in [0.25, 0.3) is 0 Å². The Balaban J connectivity index is 2.08. The monoisotopic (exact) mass is 330 g/mol. The van der Waals surface area contributed by atoms with E-state index in [1.54, 1.807) is 0 Å². The summed E-state index contributed by atoms with van der Waals surface area (Å²) in [7, 11) is -3.40. The maximum Gasteiger partial charge on any atom is 0.241 e. The fraction of sp³-hybridized carbons (Fsp3) is 0.733. The molecule has 1 aromatic rings. The van der Waals surface area contributed by atoms with E-state index in [1.807, 2.05) is 12.3 Å². The zero-order chi connectivity index (χ0) is 15.5. The molecule has 0 aliphatic heterocycles. The van der Waals surface area contributed by atoms with Gasteiger partial charge in [-0.25, -0.2) is 13.1 Å². The first-order chi connectivity index (χ1) is 9.97. The predicted molar refractivity (Wildman–Crippen MR) is 88.2 cm³/mol. The summed E-state index contributed by atoms with van der Waals surface area (Å²) in [6.07, 6.45) is 4.41. The first-order valence-corrected chi connectivity index (χ1v) is 10.1. The second-order valence-electron chi connectivity index (χ2n) is 5.86. The molecule has 0 saturated heterocycles. The Kier molecular flexibility index (Phi) is 5.82. The Morgan fingerprint density at radius 1 is 1.33 bits per heavy atom. The number of aryl methyl sites for hydroxylation is 1. The highest BCUT2D eigenvalue weighted by Crippen LogP contribution is 2.28. The van der Waals surface area contributed by atoms with E-state index in [4.69, 9.17) is 0 Å². The van der Waals surface area contributed by atoms with Crippen LogP contribution in [0.4, 0.5) is 0 Å². The number of sulfonamides is 1. The molecule has 0 bridgehead atoms. The van der Waals surface area contributed by atoms with Gasteiger partial charge < -0.3 is 5.32 Å². The minimum atomic E-state index is -3.40. The Morgan fingerprint density at radius 2 is 2.00 bits per heavy atom. The molecule has 1 aliphatic rings. The molecule has 0 spiro atoms. The van der Waals surface area contributed by atoms with Crippen molar-refractivity contribution in [2.24, 2.45) is 5.92 Å². The second-order valence-corrected chi connectivity index (χ2v) is 8.53. The van der Waals surface area contributed by atoms with Crippen molar-refractivity contribution in [2.45, 2.75) is 63.9 Å². The highest BCUT2D eigenvalue weighted by Gasteiger charge is 2.26. The summed E-state index contributed by atoms with van der Waals surface area (Å²) in [5.74, 6) is 0.409. The molecular formula is C15H26N2O2S2. The van der Waals surface area contributed by atoms with Crippen LogP contribution < -0.4 is 10.0 Å². The Hall–Kier alpha value is -0.430. The van der Waals surface area contributed by atoms with Gasteiger partial charge in [0.25, 0.3) is 0 Å². The quantitative estimate of drug-likeness (QED) is 0.732. The number of nitrogens with one attached hydrogen (secondary N) is 2. The van der Waals surface area contributed by atoms with Gasteiger partial charge in [-0.2, -0.15) is 0 Å². The van der Waals surface area contributed by atoms with Crippen molar-refractivity contribution in [3.63, 3.8) is 0 Å². The molecule has 120 valence electrons. The smallest absolute Gasteiger partial charge is 0.241 e. The molecule has 4 nitrogen and oxygen atoms in total. The third kappa shape index (κ3) is 4.52. The van der Waals surface area contributed by atoms with Gasteiger partial charge in [0.2, 0.25) is 10.0 Å². The fourth-order valence-electron chi connectivity index (χ4n) is 2.37. The average molecular weight is 331 g/mol. The first-order valence-electron chi connectivity index (χ1n) is 7.77. The van der Waals surface area contributed by atoms with Crippen LogP contribution in [-0.4, -0.2) is 21.0 Å². The molecule has 1 aliphatic carbocycles. The third-order valence-corrected chi connectivity index (χ3v) is 6.99. The van der Waals surface area contributed by atoms with E-state index in [9.17, 15) is 8.42 Å².